The van der Waals surface area contributed by atoms with E-state index in [9.17, 15) is 18.0 Å². The molecule has 202 valence electrons. The molecule has 0 heterocycles. The van der Waals surface area contributed by atoms with E-state index in [0.29, 0.717) is 11.3 Å². The maximum absolute atomic E-state index is 13.9. The summed E-state index contributed by atoms with van der Waals surface area (Å²) in [6, 6.07) is 20.4. The van der Waals surface area contributed by atoms with Crippen LogP contribution in [0.3, 0.4) is 0 Å². The van der Waals surface area contributed by atoms with Crippen LogP contribution in [0.1, 0.15) is 43.0 Å². The molecule has 0 fully saturated rings. The molecule has 0 bridgehead atoms. The summed E-state index contributed by atoms with van der Waals surface area (Å²) in [5.41, 5.74) is 3.98. The quantitative estimate of drug-likeness (QED) is 0.406. The minimum absolute atomic E-state index is 0.0924. The monoisotopic (exact) mass is 535 g/mol. The maximum Gasteiger partial charge on any atom is 0.264 e. The number of benzene rings is 3. The van der Waals surface area contributed by atoms with Gasteiger partial charge in [-0.25, -0.2) is 8.42 Å². The van der Waals surface area contributed by atoms with Gasteiger partial charge >= 0.3 is 0 Å². The van der Waals surface area contributed by atoms with E-state index in [1.54, 1.807) is 56.3 Å². The molecule has 1 atom stereocenters. The van der Waals surface area contributed by atoms with Gasteiger partial charge in [0.05, 0.1) is 10.6 Å². The molecule has 0 aliphatic heterocycles. The van der Waals surface area contributed by atoms with Crippen LogP contribution < -0.4 is 9.62 Å². The first kappa shape index (κ1) is 28.9. The molecule has 3 aromatic carbocycles. The van der Waals surface area contributed by atoms with Crippen molar-refractivity contribution in [3.05, 3.63) is 95.1 Å². The lowest BCUT2D eigenvalue weighted by atomic mass is 10.1. The van der Waals surface area contributed by atoms with Crippen LogP contribution in [0.4, 0.5) is 5.69 Å². The van der Waals surface area contributed by atoms with Gasteiger partial charge < -0.3 is 10.2 Å². The largest absolute Gasteiger partial charge is 0.352 e. The molecule has 0 radical (unpaired) electrons. The zero-order chi connectivity index (χ0) is 28.0. The number of hydrogen-bond acceptors (Lipinski definition) is 4. The Kier molecular flexibility index (Phi) is 9.33. The maximum atomic E-state index is 13.9. The van der Waals surface area contributed by atoms with Crippen LogP contribution in [-0.4, -0.2) is 43.8 Å². The van der Waals surface area contributed by atoms with Crippen LogP contribution in [-0.2, 0) is 26.2 Å². The predicted molar refractivity (Wildman–Crippen MR) is 151 cm³/mol. The molecule has 0 aliphatic rings. The molecule has 3 aromatic rings. The van der Waals surface area contributed by atoms with Gasteiger partial charge in [-0.1, -0.05) is 65.7 Å². The van der Waals surface area contributed by atoms with Crippen molar-refractivity contribution in [2.45, 2.75) is 65.1 Å². The molecule has 38 heavy (non-hydrogen) atoms. The average Bonchev–Trinajstić information content (AvgIpc) is 2.86. The highest BCUT2D eigenvalue weighted by molar-refractivity contribution is 7.92. The second-order valence-corrected chi connectivity index (χ2v) is 11.8. The average molecular weight is 536 g/mol. The van der Waals surface area contributed by atoms with Gasteiger partial charge in [0, 0.05) is 12.6 Å². The summed E-state index contributed by atoms with van der Waals surface area (Å²) in [7, 11) is -4.08. The van der Waals surface area contributed by atoms with Crippen LogP contribution in [0.15, 0.2) is 77.7 Å². The van der Waals surface area contributed by atoms with E-state index >= 15 is 0 Å². The summed E-state index contributed by atoms with van der Waals surface area (Å²) >= 11 is 0. The number of nitrogens with zero attached hydrogens (tertiary/aromatic N) is 2. The molecule has 0 saturated carbocycles. The Bertz CT molecular complexity index is 1370. The number of anilines is 1. The minimum atomic E-state index is -4.08. The van der Waals surface area contributed by atoms with E-state index < -0.39 is 28.5 Å². The molecule has 2 amide bonds. The number of carbonyl (C=O) groups excluding carboxylic acids is 2. The molecule has 0 unspecified atom stereocenters. The fourth-order valence-corrected chi connectivity index (χ4v) is 5.55. The first-order valence-corrected chi connectivity index (χ1v) is 14.1. The highest BCUT2D eigenvalue weighted by Crippen LogP contribution is 2.27. The number of hydrogen-bond donors (Lipinski definition) is 1. The van der Waals surface area contributed by atoms with Crippen LogP contribution in [0.5, 0.6) is 0 Å². The van der Waals surface area contributed by atoms with Crippen LogP contribution in [0.2, 0.25) is 0 Å². The van der Waals surface area contributed by atoms with Crippen LogP contribution in [0, 0.1) is 20.8 Å². The van der Waals surface area contributed by atoms with E-state index in [1.807, 2.05) is 58.0 Å². The summed E-state index contributed by atoms with van der Waals surface area (Å²) in [6.45, 7) is 10.7. The number of rotatable bonds is 10. The summed E-state index contributed by atoms with van der Waals surface area (Å²) in [5.74, 6) is -0.778. The summed E-state index contributed by atoms with van der Waals surface area (Å²) in [4.78, 5) is 28.4. The van der Waals surface area contributed by atoms with E-state index in [4.69, 9.17) is 0 Å². The zero-order valence-corrected chi connectivity index (χ0v) is 23.7. The lowest BCUT2D eigenvalue weighted by Gasteiger charge is -2.32. The summed E-state index contributed by atoms with van der Waals surface area (Å²) < 4.78 is 28.9. The van der Waals surface area contributed by atoms with Crippen molar-refractivity contribution in [1.82, 2.24) is 10.2 Å². The summed E-state index contributed by atoms with van der Waals surface area (Å²) in [6.07, 6.45) is 0. The fraction of sp³-hybridized carbons (Fsp3) is 0.333. The molecule has 8 heteroatoms. The lowest BCUT2D eigenvalue weighted by molar-refractivity contribution is -0.139. The van der Waals surface area contributed by atoms with E-state index in [1.165, 1.54) is 4.90 Å². The molecule has 0 aromatic heterocycles. The second-order valence-electron chi connectivity index (χ2n) is 9.96. The smallest absolute Gasteiger partial charge is 0.264 e. The highest BCUT2D eigenvalue weighted by atomic mass is 32.2. The van der Waals surface area contributed by atoms with Crippen molar-refractivity contribution >= 4 is 27.5 Å². The van der Waals surface area contributed by atoms with Crippen molar-refractivity contribution in [3.63, 3.8) is 0 Å². The third kappa shape index (κ3) is 7.01. The summed E-state index contributed by atoms with van der Waals surface area (Å²) in [5, 5.41) is 2.86. The predicted octanol–water partition coefficient (Wildman–Crippen LogP) is 4.75. The van der Waals surface area contributed by atoms with Gasteiger partial charge in [0.1, 0.15) is 12.6 Å². The van der Waals surface area contributed by atoms with Gasteiger partial charge in [-0.2, -0.15) is 0 Å². The van der Waals surface area contributed by atoms with E-state index in [0.717, 1.165) is 21.0 Å². The molecule has 0 spiro atoms. The first-order chi connectivity index (χ1) is 17.9. The Labute approximate surface area is 226 Å². The van der Waals surface area contributed by atoms with Gasteiger partial charge in [0.2, 0.25) is 11.8 Å². The number of aryl methyl sites for hydroxylation is 3. The molecular formula is C30H37N3O4S. The number of carbonyl (C=O) groups is 2. The van der Waals surface area contributed by atoms with Crippen molar-refractivity contribution in [2.24, 2.45) is 0 Å². The van der Waals surface area contributed by atoms with Crippen LogP contribution >= 0.6 is 0 Å². The Morgan fingerprint density at radius 3 is 1.92 bits per heavy atom. The van der Waals surface area contributed by atoms with Crippen LogP contribution in [0.25, 0.3) is 0 Å². The molecule has 0 aliphatic carbocycles. The highest BCUT2D eigenvalue weighted by Gasteiger charge is 2.33. The number of para-hydroxylation sites is 1. The number of nitrogens with one attached hydrogen (secondary N) is 1. The van der Waals surface area contributed by atoms with Crippen molar-refractivity contribution in [2.75, 3.05) is 10.8 Å². The van der Waals surface area contributed by atoms with Crippen molar-refractivity contribution in [1.29, 1.82) is 0 Å². The Morgan fingerprint density at radius 2 is 1.37 bits per heavy atom. The van der Waals surface area contributed by atoms with Gasteiger partial charge in [-0.3, -0.25) is 13.9 Å². The van der Waals surface area contributed by atoms with E-state index in [2.05, 4.69) is 5.32 Å². The Morgan fingerprint density at radius 1 is 0.816 bits per heavy atom. The Balaban J connectivity index is 2.04. The molecule has 1 N–H and O–H groups in total. The topological polar surface area (TPSA) is 86.8 Å². The lowest BCUT2D eigenvalue weighted by Crippen LogP contribution is -2.52. The van der Waals surface area contributed by atoms with Gasteiger partial charge in [0.15, 0.2) is 0 Å². The zero-order valence-electron chi connectivity index (χ0n) is 22.9. The molecule has 7 nitrogen and oxygen atoms in total. The fourth-order valence-electron chi connectivity index (χ4n) is 4.07. The third-order valence-electron chi connectivity index (χ3n) is 6.34. The van der Waals surface area contributed by atoms with E-state index in [-0.39, 0.29) is 23.4 Å². The van der Waals surface area contributed by atoms with Crippen molar-refractivity contribution < 1.29 is 18.0 Å². The number of amides is 2. The van der Waals surface area contributed by atoms with Gasteiger partial charge in [-0.15, -0.1) is 0 Å². The standard InChI is InChI=1S/C30H37N3O4S/c1-21(2)31-30(35)25(6)32(19-26-15-11-22(3)12-16-26)29(34)20-33(28-10-8-7-9-24(28)5)38(36,37)27-17-13-23(4)14-18-27/h7-18,21,25H,19-20H2,1-6H3,(H,31,35)/t25-/m1/s1. The number of sulfonamides is 1. The van der Waals surface area contributed by atoms with Crippen molar-refractivity contribution in [3.8, 4) is 0 Å². The second kappa shape index (κ2) is 12.3. The van der Waals surface area contributed by atoms with Gasteiger partial charge in [0.25, 0.3) is 10.0 Å². The molecule has 3 rings (SSSR count). The van der Waals surface area contributed by atoms with Gasteiger partial charge in [-0.05, 0) is 70.9 Å². The third-order valence-corrected chi connectivity index (χ3v) is 8.12. The minimum Gasteiger partial charge on any atom is -0.352 e. The first-order valence-electron chi connectivity index (χ1n) is 12.7. The SMILES string of the molecule is Cc1ccc(CN(C(=O)CN(c2ccccc2C)S(=O)(=O)c2ccc(C)cc2)[C@H](C)C(=O)NC(C)C)cc1. The Hall–Kier alpha value is -3.65. The molecule has 0 saturated heterocycles. The normalized spacial score (nSPS) is 12.2. The molecular weight excluding hydrogens is 498 g/mol.